The van der Waals surface area contributed by atoms with Gasteiger partial charge < -0.3 is 10.2 Å². The van der Waals surface area contributed by atoms with Crippen LogP contribution in [0.15, 0.2) is 91.0 Å². The first-order chi connectivity index (χ1) is 17.7. The van der Waals surface area contributed by atoms with Gasteiger partial charge in [-0.25, -0.2) is 4.79 Å². The van der Waals surface area contributed by atoms with Gasteiger partial charge in [-0.3, -0.25) is 9.80 Å². The molecule has 2 aliphatic rings. The third kappa shape index (κ3) is 6.54. The summed E-state index contributed by atoms with van der Waals surface area (Å²) in [5, 5.41) is 3.30. The van der Waals surface area contributed by atoms with Crippen molar-refractivity contribution in [1.82, 2.24) is 20.0 Å². The van der Waals surface area contributed by atoms with Crippen LogP contribution in [0.25, 0.3) is 0 Å². The molecule has 2 saturated heterocycles. The fourth-order valence-corrected chi connectivity index (χ4v) is 5.53. The van der Waals surface area contributed by atoms with Gasteiger partial charge in [0, 0.05) is 39.3 Å². The Labute approximate surface area is 215 Å². The average Bonchev–Trinajstić information content (AvgIpc) is 2.94. The van der Waals surface area contributed by atoms with Gasteiger partial charge in [0.15, 0.2) is 0 Å². The number of urea groups is 1. The Kier molecular flexibility index (Phi) is 8.32. The number of rotatable bonds is 7. The maximum atomic E-state index is 13.2. The maximum Gasteiger partial charge on any atom is 0.318 e. The Bertz CT molecular complexity index is 1020. The van der Waals surface area contributed by atoms with Gasteiger partial charge in [-0.15, -0.1) is 0 Å². The van der Waals surface area contributed by atoms with Gasteiger partial charge in [0.05, 0.1) is 6.04 Å². The summed E-state index contributed by atoms with van der Waals surface area (Å²) >= 11 is 0. The van der Waals surface area contributed by atoms with Crippen LogP contribution in [0.4, 0.5) is 4.79 Å². The molecule has 5 heteroatoms. The van der Waals surface area contributed by atoms with Crippen molar-refractivity contribution >= 4 is 6.03 Å². The van der Waals surface area contributed by atoms with Crippen LogP contribution in [0, 0.1) is 5.92 Å². The molecule has 2 heterocycles. The molecule has 5 nitrogen and oxygen atoms in total. The van der Waals surface area contributed by atoms with Crippen molar-refractivity contribution in [3.63, 3.8) is 0 Å². The molecule has 0 spiro atoms. The van der Waals surface area contributed by atoms with Crippen molar-refractivity contribution in [1.29, 1.82) is 0 Å². The van der Waals surface area contributed by atoms with E-state index in [0.29, 0.717) is 0 Å². The number of piperazine rings is 1. The first-order valence-electron chi connectivity index (χ1n) is 13.4. The molecule has 188 valence electrons. The van der Waals surface area contributed by atoms with Crippen molar-refractivity contribution in [2.45, 2.75) is 25.4 Å². The Morgan fingerprint density at radius 3 is 1.78 bits per heavy atom. The van der Waals surface area contributed by atoms with Crippen LogP contribution in [-0.2, 0) is 6.54 Å². The molecular formula is C31H38N4O. The zero-order chi connectivity index (χ0) is 24.6. The highest BCUT2D eigenvalue weighted by molar-refractivity contribution is 5.75. The lowest BCUT2D eigenvalue weighted by Crippen LogP contribution is -2.53. The zero-order valence-electron chi connectivity index (χ0n) is 21.1. The van der Waals surface area contributed by atoms with E-state index in [0.717, 1.165) is 56.3 Å². The van der Waals surface area contributed by atoms with Crippen molar-refractivity contribution < 1.29 is 4.79 Å². The Hall–Kier alpha value is -3.15. The number of nitrogens with zero attached hydrogens (tertiary/aromatic N) is 3. The highest BCUT2D eigenvalue weighted by Gasteiger charge is 2.27. The monoisotopic (exact) mass is 482 g/mol. The number of piperidine rings is 1. The number of hydrogen-bond acceptors (Lipinski definition) is 3. The average molecular weight is 483 g/mol. The van der Waals surface area contributed by atoms with Crippen LogP contribution in [0.5, 0.6) is 0 Å². The Balaban J connectivity index is 1.08. The number of amides is 2. The molecule has 36 heavy (non-hydrogen) atoms. The molecule has 0 aromatic heterocycles. The summed E-state index contributed by atoms with van der Waals surface area (Å²) in [7, 11) is 0. The molecule has 2 aliphatic heterocycles. The Morgan fingerprint density at radius 2 is 1.22 bits per heavy atom. The third-order valence-corrected chi connectivity index (χ3v) is 7.67. The van der Waals surface area contributed by atoms with Crippen LogP contribution in [0.3, 0.4) is 0 Å². The smallest absolute Gasteiger partial charge is 0.318 e. The van der Waals surface area contributed by atoms with E-state index in [1.54, 1.807) is 0 Å². The molecule has 0 aliphatic carbocycles. The number of benzene rings is 3. The van der Waals surface area contributed by atoms with E-state index in [9.17, 15) is 4.79 Å². The summed E-state index contributed by atoms with van der Waals surface area (Å²) in [5.41, 5.74) is 3.62. The van der Waals surface area contributed by atoms with Crippen molar-refractivity contribution in [2.75, 3.05) is 45.8 Å². The predicted molar refractivity (Wildman–Crippen MR) is 146 cm³/mol. The summed E-state index contributed by atoms with van der Waals surface area (Å²) in [6.45, 7) is 8.08. The van der Waals surface area contributed by atoms with Gasteiger partial charge in [-0.1, -0.05) is 91.0 Å². The van der Waals surface area contributed by atoms with Crippen molar-refractivity contribution in [3.05, 3.63) is 108 Å². The fraction of sp³-hybridized carbons (Fsp3) is 0.387. The van der Waals surface area contributed by atoms with Gasteiger partial charge >= 0.3 is 6.03 Å². The van der Waals surface area contributed by atoms with Gasteiger partial charge in [-0.2, -0.15) is 0 Å². The number of nitrogens with one attached hydrogen (secondary N) is 1. The van der Waals surface area contributed by atoms with Crippen molar-refractivity contribution in [3.8, 4) is 0 Å². The van der Waals surface area contributed by atoms with E-state index >= 15 is 0 Å². The summed E-state index contributed by atoms with van der Waals surface area (Å²) in [4.78, 5) is 20.4. The van der Waals surface area contributed by atoms with E-state index in [4.69, 9.17) is 0 Å². The van der Waals surface area contributed by atoms with E-state index in [2.05, 4.69) is 69.7 Å². The summed E-state index contributed by atoms with van der Waals surface area (Å²) < 4.78 is 0. The SMILES string of the molecule is O=C(NC(c1ccccc1)c1ccccc1)N1CCN(CC2CCN(Cc3ccccc3)CC2)CC1. The van der Waals surface area contributed by atoms with Crippen LogP contribution in [-0.4, -0.2) is 66.5 Å². The largest absolute Gasteiger partial charge is 0.327 e. The molecule has 3 aromatic rings. The Morgan fingerprint density at radius 1 is 0.694 bits per heavy atom. The lowest BCUT2D eigenvalue weighted by Gasteiger charge is -2.39. The molecule has 5 rings (SSSR count). The number of likely N-dealkylation sites (tertiary alicyclic amines) is 1. The van der Waals surface area contributed by atoms with E-state index in [1.165, 1.54) is 31.5 Å². The molecule has 2 amide bonds. The minimum Gasteiger partial charge on any atom is -0.327 e. The minimum atomic E-state index is -0.140. The van der Waals surface area contributed by atoms with E-state index in [1.807, 2.05) is 41.3 Å². The molecular weight excluding hydrogens is 444 g/mol. The van der Waals surface area contributed by atoms with Crippen molar-refractivity contribution in [2.24, 2.45) is 5.92 Å². The molecule has 0 atom stereocenters. The number of carbonyl (C=O) groups excluding carboxylic acids is 1. The second-order valence-corrected chi connectivity index (χ2v) is 10.2. The maximum absolute atomic E-state index is 13.2. The van der Waals surface area contributed by atoms with Crippen LogP contribution in [0.2, 0.25) is 0 Å². The van der Waals surface area contributed by atoms with Crippen LogP contribution >= 0.6 is 0 Å². The molecule has 1 N–H and O–H groups in total. The summed E-state index contributed by atoms with van der Waals surface area (Å²) in [6.07, 6.45) is 2.53. The lowest BCUT2D eigenvalue weighted by molar-refractivity contribution is 0.102. The molecule has 0 radical (unpaired) electrons. The minimum absolute atomic E-state index is 0.0292. The normalized spacial score (nSPS) is 17.9. The van der Waals surface area contributed by atoms with Crippen LogP contribution in [0.1, 0.15) is 35.6 Å². The third-order valence-electron chi connectivity index (χ3n) is 7.67. The molecule has 3 aromatic carbocycles. The molecule has 0 bridgehead atoms. The summed E-state index contributed by atoms with van der Waals surface area (Å²) in [5.74, 6) is 0.762. The second kappa shape index (κ2) is 12.2. The highest BCUT2D eigenvalue weighted by atomic mass is 16.2. The van der Waals surface area contributed by atoms with Gasteiger partial charge in [-0.05, 0) is 48.5 Å². The van der Waals surface area contributed by atoms with Gasteiger partial charge in [0.25, 0.3) is 0 Å². The number of carbonyl (C=O) groups is 1. The van der Waals surface area contributed by atoms with Gasteiger partial charge in [0.2, 0.25) is 0 Å². The molecule has 0 unspecified atom stereocenters. The first-order valence-corrected chi connectivity index (χ1v) is 13.4. The second-order valence-electron chi connectivity index (χ2n) is 10.2. The van der Waals surface area contributed by atoms with Crippen LogP contribution < -0.4 is 5.32 Å². The quantitative estimate of drug-likeness (QED) is 0.514. The number of hydrogen-bond donors (Lipinski definition) is 1. The molecule has 2 fully saturated rings. The fourth-order valence-electron chi connectivity index (χ4n) is 5.53. The lowest BCUT2D eigenvalue weighted by atomic mass is 9.95. The standard InChI is InChI=1S/C31H38N4O/c36-31(32-30(28-12-6-2-7-13-28)29-14-8-3-9-15-29)35-22-20-34(21-23-35)25-27-16-18-33(19-17-27)24-26-10-4-1-5-11-26/h1-15,27,30H,16-25H2,(H,32,36). The highest BCUT2D eigenvalue weighted by Crippen LogP contribution is 2.23. The topological polar surface area (TPSA) is 38.8 Å². The molecule has 0 saturated carbocycles. The summed E-state index contributed by atoms with van der Waals surface area (Å²) in [6, 6.07) is 31.2. The van der Waals surface area contributed by atoms with E-state index in [-0.39, 0.29) is 12.1 Å². The first kappa shape index (κ1) is 24.5. The predicted octanol–water partition coefficient (Wildman–Crippen LogP) is 5.02. The van der Waals surface area contributed by atoms with Gasteiger partial charge in [0.1, 0.15) is 0 Å². The van der Waals surface area contributed by atoms with E-state index < -0.39 is 0 Å². The zero-order valence-corrected chi connectivity index (χ0v) is 21.1.